The number of amides is 2. The van der Waals surface area contributed by atoms with E-state index in [9.17, 15) is 9.59 Å². The fraction of sp³-hybridized carbons (Fsp3) is 0.167. The van der Waals surface area contributed by atoms with Gasteiger partial charge >= 0.3 is 12.2 Å². The van der Waals surface area contributed by atoms with Crippen LogP contribution >= 0.6 is 0 Å². The Balaban J connectivity index is 1.57. The Morgan fingerprint density at radius 3 is 1.43 bits per heavy atom. The number of para-hydroxylation sites is 2. The predicted molar refractivity (Wildman–Crippen MR) is 116 cm³/mol. The van der Waals surface area contributed by atoms with Crippen molar-refractivity contribution in [1.82, 2.24) is 0 Å². The lowest BCUT2D eigenvalue weighted by Crippen LogP contribution is -2.17. The highest BCUT2D eigenvalue weighted by atomic mass is 16.6. The number of ether oxygens (including phenoxy) is 2. The highest BCUT2D eigenvalue weighted by molar-refractivity contribution is 5.85. The van der Waals surface area contributed by atoms with Crippen LogP contribution < -0.4 is 10.6 Å². The maximum absolute atomic E-state index is 12.1. The van der Waals surface area contributed by atoms with Gasteiger partial charge < -0.3 is 9.47 Å². The number of carbonyl (C=O) groups is 2. The predicted octanol–water partition coefficient (Wildman–Crippen LogP) is 6.31. The van der Waals surface area contributed by atoms with Crippen LogP contribution in [0.3, 0.4) is 0 Å². The van der Waals surface area contributed by atoms with Crippen molar-refractivity contribution in [2.24, 2.45) is 0 Å². The molecule has 30 heavy (non-hydrogen) atoms. The summed E-state index contributed by atoms with van der Waals surface area (Å²) in [6.45, 7) is 3.58. The third-order valence-corrected chi connectivity index (χ3v) is 4.46. The Morgan fingerprint density at radius 1 is 0.633 bits per heavy atom. The van der Waals surface area contributed by atoms with Crippen LogP contribution in [-0.4, -0.2) is 12.2 Å². The quantitative estimate of drug-likeness (QED) is 0.505. The van der Waals surface area contributed by atoms with E-state index in [2.05, 4.69) is 10.6 Å². The SMILES string of the molecule is CC(OC(=O)Nc1ccccc1)c1cccc(C(C)OC(=O)Nc2ccccc2)c1. The van der Waals surface area contributed by atoms with Gasteiger partial charge in [0, 0.05) is 11.4 Å². The summed E-state index contributed by atoms with van der Waals surface area (Å²) in [5.41, 5.74) is 2.93. The topological polar surface area (TPSA) is 76.7 Å². The van der Waals surface area contributed by atoms with E-state index >= 15 is 0 Å². The first-order chi connectivity index (χ1) is 14.5. The first kappa shape index (κ1) is 20.9. The monoisotopic (exact) mass is 404 g/mol. The molecule has 2 unspecified atom stereocenters. The maximum Gasteiger partial charge on any atom is 0.412 e. The summed E-state index contributed by atoms with van der Waals surface area (Å²) >= 11 is 0. The molecule has 3 rings (SSSR count). The number of nitrogens with one attached hydrogen (secondary N) is 2. The van der Waals surface area contributed by atoms with Gasteiger partial charge in [0.15, 0.2) is 0 Å². The van der Waals surface area contributed by atoms with Crippen molar-refractivity contribution in [1.29, 1.82) is 0 Å². The van der Waals surface area contributed by atoms with Crippen molar-refractivity contribution in [2.45, 2.75) is 26.1 Å². The molecule has 154 valence electrons. The third kappa shape index (κ3) is 6.10. The molecule has 2 amide bonds. The van der Waals surface area contributed by atoms with E-state index in [1.807, 2.05) is 60.7 Å². The van der Waals surface area contributed by atoms with Crippen molar-refractivity contribution >= 4 is 23.6 Å². The molecule has 6 heteroatoms. The fourth-order valence-electron chi connectivity index (χ4n) is 2.86. The molecule has 0 saturated heterocycles. The minimum atomic E-state index is -0.536. The van der Waals surface area contributed by atoms with Crippen molar-refractivity contribution in [3.05, 3.63) is 96.1 Å². The van der Waals surface area contributed by atoms with Gasteiger partial charge in [-0.05, 0) is 55.3 Å². The molecule has 2 N–H and O–H groups in total. The highest BCUT2D eigenvalue weighted by Crippen LogP contribution is 2.24. The van der Waals surface area contributed by atoms with Crippen molar-refractivity contribution in [3.8, 4) is 0 Å². The van der Waals surface area contributed by atoms with E-state index in [1.165, 1.54) is 0 Å². The Kier molecular flexibility index (Phi) is 7.05. The van der Waals surface area contributed by atoms with Crippen molar-refractivity contribution in [2.75, 3.05) is 10.6 Å². The number of rotatable bonds is 6. The van der Waals surface area contributed by atoms with Crippen LogP contribution in [0.25, 0.3) is 0 Å². The molecule has 0 heterocycles. The second-order valence-electron chi connectivity index (χ2n) is 6.75. The Labute approximate surface area is 175 Å². The molecule has 0 aromatic heterocycles. The molecule has 0 aliphatic heterocycles. The van der Waals surface area contributed by atoms with E-state index in [0.29, 0.717) is 11.4 Å². The summed E-state index contributed by atoms with van der Waals surface area (Å²) in [6.07, 6.45) is -2.02. The molecule has 3 aromatic rings. The molecule has 0 fully saturated rings. The molecule has 0 aliphatic rings. The second-order valence-corrected chi connectivity index (χ2v) is 6.75. The minimum Gasteiger partial charge on any atom is -0.441 e. The summed E-state index contributed by atoms with van der Waals surface area (Å²) in [5.74, 6) is 0. The van der Waals surface area contributed by atoms with E-state index in [4.69, 9.17) is 9.47 Å². The van der Waals surface area contributed by atoms with Crippen LogP contribution in [-0.2, 0) is 9.47 Å². The zero-order valence-electron chi connectivity index (χ0n) is 16.9. The van der Waals surface area contributed by atoms with Gasteiger partial charge in [-0.2, -0.15) is 0 Å². The van der Waals surface area contributed by atoms with Crippen molar-refractivity contribution in [3.63, 3.8) is 0 Å². The normalized spacial score (nSPS) is 12.3. The third-order valence-electron chi connectivity index (χ3n) is 4.46. The zero-order chi connectivity index (χ0) is 21.3. The average molecular weight is 404 g/mol. The molecule has 0 radical (unpaired) electrons. The lowest BCUT2D eigenvalue weighted by molar-refractivity contribution is 0.118. The standard InChI is InChI=1S/C24H24N2O4/c1-17(29-23(27)25-21-12-5-3-6-13-21)19-10-9-11-20(16-19)18(2)30-24(28)26-22-14-7-4-8-15-22/h3-18H,1-2H3,(H,25,27)(H,26,28). The van der Waals surface area contributed by atoms with Gasteiger partial charge in [0.1, 0.15) is 12.2 Å². The van der Waals surface area contributed by atoms with Crippen LogP contribution in [0.2, 0.25) is 0 Å². The van der Waals surface area contributed by atoms with E-state index in [1.54, 1.807) is 38.1 Å². The van der Waals surface area contributed by atoms with Crippen LogP contribution in [0.15, 0.2) is 84.9 Å². The van der Waals surface area contributed by atoms with Crippen LogP contribution in [0.1, 0.15) is 37.2 Å². The highest BCUT2D eigenvalue weighted by Gasteiger charge is 2.16. The molecule has 2 atom stereocenters. The van der Waals surface area contributed by atoms with Gasteiger partial charge in [0.2, 0.25) is 0 Å². The largest absolute Gasteiger partial charge is 0.441 e. The lowest BCUT2D eigenvalue weighted by Gasteiger charge is -2.18. The molecule has 0 bridgehead atoms. The second kappa shape index (κ2) is 10.1. The number of anilines is 2. The first-order valence-corrected chi connectivity index (χ1v) is 9.66. The van der Waals surface area contributed by atoms with E-state index in [-0.39, 0.29) is 0 Å². The van der Waals surface area contributed by atoms with Gasteiger partial charge in [-0.25, -0.2) is 9.59 Å². The Morgan fingerprint density at radius 2 is 1.03 bits per heavy atom. The van der Waals surface area contributed by atoms with Gasteiger partial charge in [-0.3, -0.25) is 10.6 Å². The zero-order valence-corrected chi connectivity index (χ0v) is 16.9. The molecule has 0 spiro atoms. The van der Waals surface area contributed by atoms with Gasteiger partial charge in [-0.15, -0.1) is 0 Å². The molecule has 0 aliphatic carbocycles. The summed E-state index contributed by atoms with van der Waals surface area (Å²) in [4.78, 5) is 24.2. The van der Waals surface area contributed by atoms with E-state index in [0.717, 1.165) is 11.1 Å². The van der Waals surface area contributed by atoms with Gasteiger partial charge in [0.25, 0.3) is 0 Å². The lowest BCUT2D eigenvalue weighted by atomic mass is 10.0. The van der Waals surface area contributed by atoms with Crippen LogP contribution in [0, 0.1) is 0 Å². The first-order valence-electron chi connectivity index (χ1n) is 9.66. The molecule has 3 aromatic carbocycles. The average Bonchev–Trinajstić information content (AvgIpc) is 2.75. The molecular formula is C24H24N2O4. The summed E-state index contributed by atoms with van der Waals surface area (Å²) < 4.78 is 10.9. The van der Waals surface area contributed by atoms with Crippen LogP contribution in [0.4, 0.5) is 21.0 Å². The van der Waals surface area contributed by atoms with Gasteiger partial charge in [-0.1, -0.05) is 54.6 Å². The van der Waals surface area contributed by atoms with E-state index < -0.39 is 24.4 Å². The summed E-state index contributed by atoms with van der Waals surface area (Å²) in [6, 6.07) is 25.6. The fourth-order valence-corrected chi connectivity index (χ4v) is 2.86. The molecular weight excluding hydrogens is 380 g/mol. The smallest absolute Gasteiger partial charge is 0.412 e. The van der Waals surface area contributed by atoms with Crippen molar-refractivity contribution < 1.29 is 19.1 Å². The number of hydrogen-bond acceptors (Lipinski definition) is 4. The maximum atomic E-state index is 12.1. The van der Waals surface area contributed by atoms with Gasteiger partial charge in [0.05, 0.1) is 0 Å². The molecule has 6 nitrogen and oxygen atoms in total. The number of carbonyl (C=O) groups excluding carboxylic acids is 2. The Bertz CT molecular complexity index is 900. The summed E-state index contributed by atoms with van der Waals surface area (Å²) in [7, 11) is 0. The Hall–Kier alpha value is -3.80. The molecule has 0 saturated carbocycles. The van der Waals surface area contributed by atoms with Crippen LogP contribution in [0.5, 0.6) is 0 Å². The summed E-state index contributed by atoms with van der Waals surface area (Å²) in [5, 5.41) is 5.38. The number of hydrogen-bond donors (Lipinski definition) is 2. The minimum absolute atomic E-state index is 0.473. The number of benzene rings is 3.